The lowest BCUT2D eigenvalue weighted by atomic mass is 10.3. The van der Waals surface area contributed by atoms with Crippen molar-refractivity contribution in [1.29, 1.82) is 0 Å². The third kappa shape index (κ3) is 0.913. The molecule has 1 heterocycles. The van der Waals surface area contributed by atoms with Crippen molar-refractivity contribution < 1.29 is 0 Å². The lowest BCUT2D eigenvalue weighted by molar-refractivity contribution is 1.39. The van der Waals surface area contributed by atoms with Crippen LogP contribution >= 0.6 is 0 Å². The lowest BCUT2D eigenvalue weighted by Gasteiger charge is -1.68. The van der Waals surface area contributed by atoms with Crippen molar-refractivity contribution >= 4 is 0 Å². The molecule has 0 aliphatic heterocycles. The number of aromatic amines is 1. The molecular weight excluding hydrogens is 98.1 g/mol. The molecule has 1 radical (unpaired) electrons. The zero-order chi connectivity index (χ0) is 5.82. The van der Waals surface area contributed by atoms with E-state index >= 15 is 0 Å². The second-order valence-electron chi connectivity index (χ2n) is 1.39. The summed E-state index contributed by atoms with van der Waals surface area (Å²) in [5.41, 5.74) is 0.924. The average molecular weight is 104 g/mol. The maximum absolute atomic E-state index is 2.85. The fourth-order valence-corrected chi connectivity index (χ4v) is 0.494. The van der Waals surface area contributed by atoms with Crippen LogP contribution in [0.4, 0.5) is 0 Å². The van der Waals surface area contributed by atoms with E-state index in [1.807, 2.05) is 6.07 Å². The molecule has 1 nitrogen and oxygen atoms in total. The number of H-pyrrole nitrogens is 1. The Hall–Kier alpha value is -1.16. The summed E-state index contributed by atoms with van der Waals surface area (Å²) in [6.07, 6.45) is 4.64. The van der Waals surface area contributed by atoms with E-state index in [4.69, 9.17) is 0 Å². The fourth-order valence-electron chi connectivity index (χ4n) is 0.494. The Kier molecular flexibility index (Phi) is 1.39. The van der Waals surface area contributed by atoms with Gasteiger partial charge in [-0.25, -0.2) is 0 Å². The summed E-state index contributed by atoms with van der Waals surface area (Å²) in [6, 6.07) is 1.89. The smallest absolute Gasteiger partial charge is 0.0791 e. The number of hydrogen-bond acceptors (Lipinski definition) is 0. The monoisotopic (exact) mass is 104 g/mol. The summed E-state index contributed by atoms with van der Waals surface area (Å²) >= 11 is 0. The third-order valence-electron chi connectivity index (χ3n) is 0.800. The molecule has 0 atom stereocenters. The molecule has 8 heavy (non-hydrogen) atoms. The van der Waals surface area contributed by atoms with Crippen LogP contribution in [0, 0.1) is 18.0 Å². The highest BCUT2D eigenvalue weighted by Gasteiger charge is 1.80. The molecule has 0 unspecified atom stereocenters. The molecule has 0 aliphatic rings. The van der Waals surface area contributed by atoms with Gasteiger partial charge < -0.3 is 4.98 Å². The van der Waals surface area contributed by atoms with E-state index in [2.05, 4.69) is 23.0 Å². The van der Waals surface area contributed by atoms with Crippen molar-refractivity contribution in [2.75, 3.05) is 0 Å². The zero-order valence-corrected chi connectivity index (χ0v) is 4.65. The Balaban J connectivity index is 2.88. The van der Waals surface area contributed by atoms with E-state index in [0.717, 1.165) is 5.56 Å². The first-order valence-corrected chi connectivity index (χ1v) is 2.41. The summed E-state index contributed by atoms with van der Waals surface area (Å²) in [6.45, 7) is 1.81. The average Bonchev–Trinajstić information content (AvgIpc) is 2.19. The minimum Gasteiger partial charge on any atom is -0.359 e. The number of hydrogen-bond donors (Lipinski definition) is 1. The molecule has 39 valence electrons. The standard InChI is InChI=1S/C7H6N/c1-2-3-7-4-5-8-6-7/h4-5,8H,1H3. The summed E-state index contributed by atoms with van der Waals surface area (Å²) in [7, 11) is 0. The van der Waals surface area contributed by atoms with Crippen LogP contribution in [-0.2, 0) is 0 Å². The molecule has 1 aromatic heterocycles. The molecule has 1 N–H and O–H groups in total. The largest absolute Gasteiger partial charge is 0.359 e. The van der Waals surface area contributed by atoms with Crippen LogP contribution in [0.3, 0.4) is 0 Å². The van der Waals surface area contributed by atoms with Gasteiger partial charge in [0.15, 0.2) is 0 Å². The Bertz CT molecular complexity index is 198. The van der Waals surface area contributed by atoms with Gasteiger partial charge >= 0.3 is 0 Å². The Morgan fingerprint density at radius 2 is 2.62 bits per heavy atom. The van der Waals surface area contributed by atoms with Gasteiger partial charge in [-0.15, -0.1) is 5.92 Å². The van der Waals surface area contributed by atoms with Gasteiger partial charge in [0.1, 0.15) is 0 Å². The van der Waals surface area contributed by atoms with Crippen molar-refractivity contribution in [2.45, 2.75) is 6.92 Å². The van der Waals surface area contributed by atoms with E-state index < -0.39 is 0 Å². The van der Waals surface area contributed by atoms with E-state index in [1.54, 1.807) is 13.1 Å². The highest BCUT2D eigenvalue weighted by Crippen LogP contribution is 1.89. The van der Waals surface area contributed by atoms with Gasteiger partial charge in [0.25, 0.3) is 0 Å². The third-order valence-corrected chi connectivity index (χ3v) is 0.800. The normalized spacial score (nSPS) is 7.62. The molecule has 0 fully saturated rings. The first-order chi connectivity index (χ1) is 3.93. The second kappa shape index (κ2) is 2.23. The molecule has 1 heteroatoms. The number of nitrogens with one attached hydrogen (secondary N) is 1. The Morgan fingerprint density at radius 1 is 1.75 bits per heavy atom. The van der Waals surface area contributed by atoms with E-state index in [9.17, 15) is 0 Å². The van der Waals surface area contributed by atoms with Crippen molar-refractivity contribution in [3.8, 4) is 11.8 Å². The van der Waals surface area contributed by atoms with Gasteiger partial charge in [-0.3, -0.25) is 0 Å². The van der Waals surface area contributed by atoms with Crippen molar-refractivity contribution in [1.82, 2.24) is 4.98 Å². The molecule has 1 aromatic rings. The minimum absolute atomic E-state index is 0.924. The van der Waals surface area contributed by atoms with Gasteiger partial charge in [-0.1, -0.05) is 5.92 Å². The fraction of sp³-hybridized carbons (Fsp3) is 0.143. The minimum atomic E-state index is 0.924. The van der Waals surface area contributed by atoms with Crippen LogP contribution in [0.15, 0.2) is 12.3 Å². The summed E-state index contributed by atoms with van der Waals surface area (Å²) in [5, 5.41) is 0. The van der Waals surface area contributed by atoms with E-state index in [-0.39, 0.29) is 0 Å². The summed E-state index contributed by atoms with van der Waals surface area (Å²) < 4.78 is 0. The molecule has 0 saturated heterocycles. The lowest BCUT2D eigenvalue weighted by Crippen LogP contribution is -1.60. The number of rotatable bonds is 0. The van der Waals surface area contributed by atoms with Gasteiger partial charge in [0.05, 0.1) is 11.8 Å². The van der Waals surface area contributed by atoms with Crippen LogP contribution in [0.1, 0.15) is 12.5 Å². The van der Waals surface area contributed by atoms with Crippen LogP contribution in [0.2, 0.25) is 0 Å². The van der Waals surface area contributed by atoms with Gasteiger partial charge in [-0.05, 0) is 13.0 Å². The highest BCUT2D eigenvalue weighted by atomic mass is 14.6. The van der Waals surface area contributed by atoms with Crippen LogP contribution in [0.5, 0.6) is 0 Å². The van der Waals surface area contributed by atoms with Crippen LogP contribution in [-0.4, -0.2) is 4.98 Å². The van der Waals surface area contributed by atoms with Crippen LogP contribution < -0.4 is 0 Å². The van der Waals surface area contributed by atoms with Gasteiger partial charge in [0.2, 0.25) is 0 Å². The maximum Gasteiger partial charge on any atom is 0.0791 e. The molecule has 0 aromatic carbocycles. The van der Waals surface area contributed by atoms with E-state index in [0.29, 0.717) is 0 Å². The first kappa shape index (κ1) is 4.99. The zero-order valence-electron chi connectivity index (χ0n) is 4.65. The quantitative estimate of drug-likeness (QED) is 0.476. The summed E-state index contributed by atoms with van der Waals surface area (Å²) in [4.78, 5) is 2.79. The second-order valence-corrected chi connectivity index (χ2v) is 1.39. The predicted octanol–water partition coefficient (Wildman–Crippen LogP) is 1.19. The topological polar surface area (TPSA) is 15.8 Å². The van der Waals surface area contributed by atoms with Gasteiger partial charge in [0, 0.05) is 6.20 Å². The molecule has 0 saturated carbocycles. The van der Waals surface area contributed by atoms with Gasteiger partial charge in [-0.2, -0.15) is 0 Å². The molecular formula is C7H6N. The molecule has 0 aliphatic carbocycles. The van der Waals surface area contributed by atoms with E-state index in [1.165, 1.54) is 0 Å². The Morgan fingerprint density at radius 3 is 3.12 bits per heavy atom. The molecule has 1 rings (SSSR count). The van der Waals surface area contributed by atoms with Crippen molar-refractivity contribution in [3.63, 3.8) is 0 Å². The molecule has 0 amide bonds. The number of aromatic nitrogens is 1. The molecule has 0 spiro atoms. The predicted molar refractivity (Wildman–Crippen MR) is 32.2 cm³/mol. The summed E-state index contributed by atoms with van der Waals surface area (Å²) in [5.74, 6) is 5.62. The van der Waals surface area contributed by atoms with Crippen molar-refractivity contribution in [2.24, 2.45) is 0 Å². The van der Waals surface area contributed by atoms with Crippen molar-refractivity contribution in [3.05, 3.63) is 24.0 Å². The Labute approximate surface area is 48.7 Å². The SMILES string of the molecule is CC#Cc1[c][nH]cc1. The molecule has 0 bridgehead atoms. The first-order valence-electron chi connectivity index (χ1n) is 2.41. The van der Waals surface area contributed by atoms with Crippen LogP contribution in [0.25, 0.3) is 0 Å². The maximum atomic E-state index is 2.85. The highest BCUT2D eigenvalue weighted by molar-refractivity contribution is 5.29.